The second-order valence-corrected chi connectivity index (χ2v) is 4.80. The summed E-state index contributed by atoms with van der Waals surface area (Å²) in [6.45, 7) is 9.88. The summed E-state index contributed by atoms with van der Waals surface area (Å²) < 4.78 is 10.9. The van der Waals surface area contributed by atoms with Crippen molar-refractivity contribution >= 4 is 11.7 Å². The van der Waals surface area contributed by atoms with Gasteiger partial charge in [-0.15, -0.1) is 0 Å². The number of ether oxygens (including phenoxy) is 2. The molecule has 1 aromatic rings. The predicted octanol–water partition coefficient (Wildman–Crippen LogP) is 3.18. The van der Waals surface area contributed by atoms with Crippen molar-refractivity contribution in [3.8, 4) is 11.5 Å². The first kappa shape index (κ1) is 15.9. The average molecular weight is 278 g/mol. The topological polar surface area (TPSA) is 59.6 Å². The van der Waals surface area contributed by atoms with Crippen LogP contribution in [0.4, 0.5) is 10.5 Å². The number of carbonyl (C=O) groups excluding carboxylic acids is 1. The molecule has 0 saturated carbocycles. The van der Waals surface area contributed by atoms with Crippen molar-refractivity contribution < 1.29 is 14.3 Å². The maximum absolute atomic E-state index is 11.7. The third kappa shape index (κ3) is 5.22. The van der Waals surface area contributed by atoms with Crippen molar-refractivity contribution in [2.24, 2.45) is 0 Å². The van der Waals surface area contributed by atoms with Crippen LogP contribution in [0.1, 0.15) is 20.8 Å². The van der Waals surface area contributed by atoms with E-state index in [0.29, 0.717) is 23.7 Å². The number of rotatable bonds is 6. The molecule has 1 aromatic carbocycles. The highest BCUT2D eigenvalue weighted by Crippen LogP contribution is 2.30. The standard InChI is InChI=1S/C15H22N2O3/c1-10(2)9-16-15(18)17-12-6-7-13(19-5)14(8-12)20-11(3)4/h6-8,11H,1,9H2,2-5H3,(H2,16,17,18). The number of anilines is 1. The molecule has 0 atom stereocenters. The molecule has 0 fully saturated rings. The van der Waals surface area contributed by atoms with Crippen molar-refractivity contribution in [2.45, 2.75) is 26.9 Å². The Labute approximate surface area is 120 Å². The molecule has 0 unspecified atom stereocenters. The fourth-order valence-electron chi connectivity index (χ4n) is 1.51. The molecular formula is C15H22N2O3. The zero-order chi connectivity index (χ0) is 15.1. The van der Waals surface area contributed by atoms with Crippen LogP contribution in [-0.4, -0.2) is 25.8 Å². The van der Waals surface area contributed by atoms with Crippen LogP contribution in [0, 0.1) is 0 Å². The fraction of sp³-hybridized carbons (Fsp3) is 0.400. The summed E-state index contributed by atoms with van der Waals surface area (Å²) in [6, 6.07) is 4.96. The first-order chi connectivity index (χ1) is 9.42. The minimum atomic E-state index is -0.284. The maximum atomic E-state index is 11.7. The lowest BCUT2D eigenvalue weighted by atomic mass is 10.2. The smallest absolute Gasteiger partial charge is 0.319 e. The third-order valence-electron chi connectivity index (χ3n) is 2.33. The van der Waals surface area contributed by atoms with Crippen LogP contribution in [-0.2, 0) is 0 Å². The highest BCUT2D eigenvalue weighted by atomic mass is 16.5. The molecule has 0 aliphatic rings. The number of hydrogen-bond acceptors (Lipinski definition) is 3. The van der Waals surface area contributed by atoms with Gasteiger partial charge in [-0.05, 0) is 32.9 Å². The van der Waals surface area contributed by atoms with E-state index < -0.39 is 0 Å². The summed E-state index contributed by atoms with van der Waals surface area (Å²) in [5.74, 6) is 1.23. The van der Waals surface area contributed by atoms with Crippen molar-refractivity contribution in [3.63, 3.8) is 0 Å². The van der Waals surface area contributed by atoms with E-state index in [2.05, 4.69) is 17.2 Å². The van der Waals surface area contributed by atoms with Crippen LogP contribution in [0.5, 0.6) is 11.5 Å². The van der Waals surface area contributed by atoms with Crippen molar-refractivity contribution in [2.75, 3.05) is 19.0 Å². The maximum Gasteiger partial charge on any atom is 0.319 e. The molecule has 0 radical (unpaired) electrons. The molecule has 5 heteroatoms. The van der Waals surface area contributed by atoms with Gasteiger partial charge >= 0.3 is 6.03 Å². The van der Waals surface area contributed by atoms with E-state index in [0.717, 1.165) is 5.57 Å². The lowest BCUT2D eigenvalue weighted by molar-refractivity contribution is 0.230. The van der Waals surface area contributed by atoms with E-state index in [-0.39, 0.29) is 12.1 Å². The van der Waals surface area contributed by atoms with Gasteiger partial charge in [-0.25, -0.2) is 4.79 Å². The number of hydrogen-bond donors (Lipinski definition) is 2. The first-order valence-corrected chi connectivity index (χ1v) is 6.46. The normalized spacial score (nSPS) is 10.1. The molecule has 0 spiro atoms. The molecular weight excluding hydrogens is 256 g/mol. The molecule has 110 valence electrons. The van der Waals surface area contributed by atoms with Gasteiger partial charge in [-0.2, -0.15) is 0 Å². The molecule has 1 rings (SSSR count). The van der Waals surface area contributed by atoms with E-state index in [9.17, 15) is 4.79 Å². The Balaban J connectivity index is 2.75. The average Bonchev–Trinajstić information content (AvgIpc) is 2.36. The van der Waals surface area contributed by atoms with Gasteiger partial charge in [0.25, 0.3) is 0 Å². The summed E-state index contributed by atoms with van der Waals surface area (Å²) in [7, 11) is 1.58. The van der Waals surface area contributed by atoms with Crippen LogP contribution in [0.3, 0.4) is 0 Å². The van der Waals surface area contributed by atoms with Gasteiger partial charge < -0.3 is 20.1 Å². The number of carbonyl (C=O) groups is 1. The fourth-order valence-corrected chi connectivity index (χ4v) is 1.51. The van der Waals surface area contributed by atoms with Gasteiger partial charge in [0.05, 0.1) is 13.2 Å². The Morgan fingerprint density at radius 2 is 2.05 bits per heavy atom. The molecule has 0 saturated heterocycles. The van der Waals surface area contributed by atoms with E-state index in [1.807, 2.05) is 20.8 Å². The molecule has 0 heterocycles. The van der Waals surface area contributed by atoms with Gasteiger partial charge in [0.1, 0.15) is 0 Å². The van der Waals surface area contributed by atoms with E-state index in [4.69, 9.17) is 9.47 Å². The Morgan fingerprint density at radius 1 is 1.35 bits per heavy atom. The van der Waals surface area contributed by atoms with E-state index in [1.165, 1.54) is 0 Å². The van der Waals surface area contributed by atoms with Gasteiger partial charge in [-0.3, -0.25) is 0 Å². The zero-order valence-electron chi connectivity index (χ0n) is 12.4. The Hall–Kier alpha value is -2.17. The lowest BCUT2D eigenvalue weighted by Crippen LogP contribution is -2.29. The SMILES string of the molecule is C=C(C)CNC(=O)Nc1ccc(OC)c(OC(C)C)c1. The van der Waals surface area contributed by atoms with E-state index in [1.54, 1.807) is 25.3 Å². The molecule has 0 aromatic heterocycles. The van der Waals surface area contributed by atoms with Crippen molar-refractivity contribution in [3.05, 3.63) is 30.4 Å². The second kappa shape index (κ2) is 7.43. The van der Waals surface area contributed by atoms with Crippen molar-refractivity contribution in [1.82, 2.24) is 5.32 Å². The quantitative estimate of drug-likeness (QED) is 0.786. The molecule has 2 N–H and O–H groups in total. The molecule has 0 aliphatic heterocycles. The van der Waals surface area contributed by atoms with Gasteiger partial charge in [0, 0.05) is 18.3 Å². The van der Waals surface area contributed by atoms with Crippen LogP contribution >= 0.6 is 0 Å². The number of methoxy groups -OCH3 is 1. The van der Waals surface area contributed by atoms with E-state index >= 15 is 0 Å². The molecule has 5 nitrogen and oxygen atoms in total. The highest BCUT2D eigenvalue weighted by molar-refractivity contribution is 5.89. The van der Waals surface area contributed by atoms with Crippen molar-refractivity contribution in [1.29, 1.82) is 0 Å². The minimum Gasteiger partial charge on any atom is -0.493 e. The van der Waals surface area contributed by atoms with Crippen LogP contribution in [0.2, 0.25) is 0 Å². The molecule has 0 bridgehead atoms. The predicted molar refractivity (Wildman–Crippen MR) is 80.6 cm³/mol. The largest absolute Gasteiger partial charge is 0.493 e. The van der Waals surface area contributed by atoms with Crippen LogP contribution < -0.4 is 20.1 Å². The van der Waals surface area contributed by atoms with Crippen LogP contribution in [0.25, 0.3) is 0 Å². The molecule has 0 aliphatic carbocycles. The second-order valence-electron chi connectivity index (χ2n) is 4.80. The Kier molecular flexibility index (Phi) is 5.90. The number of urea groups is 1. The monoisotopic (exact) mass is 278 g/mol. The number of amides is 2. The number of nitrogens with one attached hydrogen (secondary N) is 2. The minimum absolute atomic E-state index is 0.0244. The summed E-state index contributed by atoms with van der Waals surface area (Å²) in [6.07, 6.45) is 0.0244. The first-order valence-electron chi connectivity index (χ1n) is 6.46. The van der Waals surface area contributed by atoms with Gasteiger partial charge in [0.2, 0.25) is 0 Å². The Bertz CT molecular complexity index is 484. The van der Waals surface area contributed by atoms with Gasteiger partial charge in [0.15, 0.2) is 11.5 Å². The molecule has 2 amide bonds. The lowest BCUT2D eigenvalue weighted by Gasteiger charge is -2.15. The van der Waals surface area contributed by atoms with Gasteiger partial charge in [-0.1, -0.05) is 12.2 Å². The zero-order valence-corrected chi connectivity index (χ0v) is 12.4. The summed E-state index contributed by atoms with van der Waals surface area (Å²) >= 11 is 0. The Morgan fingerprint density at radius 3 is 2.60 bits per heavy atom. The number of benzene rings is 1. The molecule has 20 heavy (non-hydrogen) atoms. The third-order valence-corrected chi connectivity index (χ3v) is 2.33. The summed E-state index contributed by atoms with van der Waals surface area (Å²) in [5.41, 5.74) is 1.53. The summed E-state index contributed by atoms with van der Waals surface area (Å²) in [4.78, 5) is 11.7. The highest BCUT2D eigenvalue weighted by Gasteiger charge is 2.09. The summed E-state index contributed by atoms with van der Waals surface area (Å²) in [5, 5.41) is 5.43. The van der Waals surface area contributed by atoms with Crippen LogP contribution in [0.15, 0.2) is 30.4 Å².